The van der Waals surface area contributed by atoms with Crippen LogP contribution in [0.4, 0.5) is 13.2 Å². The van der Waals surface area contributed by atoms with E-state index in [-0.39, 0.29) is 11.1 Å². The molecule has 9 heteroatoms. The van der Waals surface area contributed by atoms with Crippen molar-refractivity contribution in [1.29, 1.82) is 5.26 Å². The number of nitrogens with zero attached hydrogens (tertiary/aromatic N) is 3. The Morgan fingerprint density at radius 3 is 2.42 bits per heavy atom. The SMILES string of the molecule is Cc1c(-c2ccnc(C(F)(F)F)c2)c(=O)c(C(=O)O)cn1C(C)c1ccc(C#N)cc1. The third-order valence-electron chi connectivity index (χ3n) is 5.00. The topological polar surface area (TPSA) is 96.0 Å². The van der Waals surface area contributed by atoms with Gasteiger partial charge in [-0.3, -0.25) is 9.78 Å². The zero-order valence-electron chi connectivity index (χ0n) is 16.4. The van der Waals surface area contributed by atoms with E-state index >= 15 is 0 Å². The number of aromatic nitrogens is 2. The summed E-state index contributed by atoms with van der Waals surface area (Å²) in [5.41, 5.74) is -1.39. The second-order valence-corrected chi connectivity index (χ2v) is 6.88. The van der Waals surface area contributed by atoms with Crippen molar-refractivity contribution >= 4 is 5.97 Å². The van der Waals surface area contributed by atoms with Crippen molar-refractivity contribution in [3.63, 3.8) is 0 Å². The second kappa shape index (κ2) is 8.07. The first-order valence-electron chi connectivity index (χ1n) is 9.07. The molecule has 1 unspecified atom stereocenters. The number of halogens is 3. The number of benzene rings is 1. The molecule has 0 spiro atoms. The molecule has 31 heavy (non-hydrogen) atoms. The molecule has 0 amide bonds. The minimum atomic E-state index is -4.72. The van der Waals surface area contributed by atoms with E-state index < -0.39 is 34.9 Å². The maximum atomic E-state index is 13.1. The van der Waals surface area contributed by atoms with Crippen molar-refractivity contribution in [2.75, 3.05) is 0 Å². The number of pyridine rings is 2. The molecule has 0 aliphatic rings. The highest BCUT2D eigenvalue weighted by Crippen LogP contribution is 2.31. The number of carbonyl (C=O) groups is 1. The highest BCUT2D eigenvalue weighted by molar-refractivity contribution is 5.89. The largest absolute Gasteiger partial charge is 0.477 e. The van der Waals surface area contributed by atoms with Crippen molar-refractivity contribution in [2.24, 2.45) is 0 Å². The first kappa shape index (κ1) is 21.8. The molecule has 0 bridgehead atoms. The van der Waals surface area contributed by atoms with Gasteiger partial charge >= 0.3 is 12.1 Å². The molecule has 2 heterocycles. The zero-order chi connectivity index (χ0) is 22.9. The third-order valence-corrected chi connectivity index (χ3v) is 5.00. The molecule has 2 aromatic heterocycles. The number of alkyl halides is 3. The number of nitriles is 1. The predicted molar refractivity (Wildman–Crippen MR) is 106 cm³/mol. The Kier molecular flexibility index (Phi) is 5.66. The third kappa shape index (κ3) is 4.19. The molecular weight excluding hydrogens is 411 g/mol. The average molecular weight is 427 g/mol. The fourth-order valence-corrected chi connectivity index (χ4v) is 3.36. The van der Waals surface area contributed by atoms with Crippen molar-refractivity contribution < 1.29 is 23.1 Å². The van der Waals surface area contributed by atoms with Crippen LogP contribution in [0.3, 0.4) is 0 Å². The van der Waals surface area contributed by atoms with Crippen LogP contribution in [-0.2, 0) is 6.18 Å². The first-order chi connectivity index (χ1) is 14.5. The summed E-state index contributed by atoms with van der Waals surface area (Å²) in [4.78, 5) is 27.8. The summed E-state index contributed by atoms with van der Waals surface area (Å²) < 4.78 is 40.9. The van der Waals surface area contributed by atoms with Crippen molar-refractivity contribution in [2.45, 2.75) is 26.1 Å². The lowest BCUT2D eigenvalue weighted by molar-refractivity contribution is -0.141. The highest BCUT2D eigenvalue weighted by atomic mass is 19.4. The van der Waals surface area contributed by atoms with Crippen molar-refractivity contribution in [3.05, 3.63) is 87.1 Å². The van der Waals surface area contributed by atoms with Gasteiger partial charge < -0.3 is 9.67 Å². The summed E-state index contributed by atoms with van der Waals surface area (Å²) in [6.07, 6.45) is -2.61. The van der Waals surface area contributed by atoms with E-state index in [1.165, 1.54) is 23.8 Å². The Morgan fingerprint density at radius 1 is 1.23 bits per heavy atom. The zero-order valence-corrected chi connectivity index (χ0v) is 16.4. The summed E-state index contributed by atoms with van der Waals surface area (Å²) in [5.74, 6) is -1.49. The highest BCUT2D eigenvalue weighted by Gasteiger charge is 2.33. The first-order valence-corrected chi connectivity index (χ1v) is 9.07. The van der Waals surface area contributed by atoms with Gasteiger partial charge in [0.05, 0.1) is 17.7 Å². The Labute approximate surface area is 174 Å². The van der Waals surface area contributed by atoms with Crippen LogP contribution < -0.4 is 5.43 Å². The van der Waals surface area contributed by atoms with Gasteiger partial charge in [0.15, 0.2) is 0 Å². The van der Waals surface area contributed by atoms with E-state index in [1.54, 1.807) is 31.2 Å². The lowest BCUT2D eigenvalue weighted by atomic mass is 9.99. The van der Waals surface area contributed by atoms with Gasteiger partial charge in [-0.2, -0.15) is 18.4 Å². The van der Waals surface area contributed by atoms with Crippen molar-refractivity contribution in [1.82, 2.24) is 9.55 Å². The molecule has 158 valence electrons. The maximum absolute atomic E-state index is 13.1. The summed E-state index contributed by atoms with van der Waals surface area (Å²) >= 11 is 0. The van der Waals surface area contributed by atoms with Gasteiger partial charge in [-0.25, -0.2) is 4.79 Å². The lowest BCUT2D eigenvalue weighted by Gasteiger charge is -2.23. The number of hydrogen-bond donors (Lipinski definition) is 1. The molecule has 3 aromatic rings. The Hall–Kier alpha value is -3.93. The molecular formula is C22H16F3N3O3. The maximum Gasteiger partial charge on any atom is 0.433 e. The van der Waals surface area contributed by atoms with E-state index in [0.717, 1.165) is 17.8 Å². The summed E-state index contributed by atoms with van der Waals surface area (Å²) in [6, 6.07) is 10.1. The molecule has 0 aliphatic heterocycles. The molecule has 1 atom stereocenters. The van der Waals surface area contributed by atoms with Crippen LogP contribution in [0.5, 0.6) is 0 Å². The van der Waals surface area contributed by atoms with Gasteiger partial charge in [-0.05, 0) is 49.2 Å². The minimum absolute atomic E-state index is 0.0753. The van der Waals surface area contributed by atoms with E-state index in [2.05, 4.69) is 4.98 Å². The quantitative estimate of drug-likeness (QED) is 0.665. The number of aromatic carboxylic acids is 1. The summed E-state index contributed by atoms with van der Waals surface area (Å²) in [5, 5.41) is 18.5. The molecule has 0 radical (unpaired) electrons. The Balaban J connectivity index is 2.26. The van der Waals surface area contributed by atoms with Crippen molar-refractivity contribution in [3.8, 4) is 17.2 Å². The van der Waals surface area contributed by atoms with Gasteiger partial charge in [0.1, 0.15) is 11.3 Å². The molecule has 3 rings (SSSR count). The molecule has 6 nitrogen and oxygen atoms in total. The van der Waals surface area contributed by atoms with Crippen LogP contribution in [-0.4, -0.2) is 20.6 Å². The molecule has 0 fully saturated rings. The number of hydrogen-bond acceptors (Lipinski definition) is 4. The smallest absolute Gasteiger partial charge is 0.433 e. The van der Waals surface area contributed by atoms with E-state index in [4.69, 9.17) is 5.26 Å². The molecule has 0 aliphatic carbocycles. The van der Waals surface area contributed by atoms with Crippen LogP contribution in [0, 0.1) is 18.3 Å². The van der Waals surface area contributed by atoms with E-state index in [1.807, 2.05) is 6.07 Å². The van der Waals surface area contributed by atoms with Gasteiger partial charge in [0.2, 0.25) is 5.43 Å². The monoisotopic (exact) mass is 427 g/mol. The van der Waals surface area contributed by atoms with Crippen LogP contribution in [0.2, 0.25) is 0 Å². The lowest BCUT2D eigenvalue weighted by Crippen LogP contribution is -2.24. The fourth-order valence-electron chi connectivity index (χ4n) is 3.36. The number of carboxylic acid groups (broad SMARTS) is 1. The fraction of sp³-hybridized carbons (Fsp3) is 0.182. The van der Waals surface area contributed by atoms with E-state index in [0.29, 0.717) is 11.3 Å². The second-order valence-electron chi connectivity index (χ2n) is 6.88. The predicted octanol–water partition coefficient (Wildman–Crippen LogP) is 4.42. The number of rotatable bonds is 4. The van der Waals surface area contributed by atoms with Crippen LogP contribution in [0.1, 0.15) is 45.8 Å². The minimum Gasteiger partial charge on any atom is -0.477 e. The van der Waals surface area contributed by atoms with Gasteiger partial charge in [0, 0.05) is 23.7 Å². The van der Waals surface area contributed by atoms with Gasteiger partial charge in [-0.15, -0.1) is 0 Å². The number of carboxylic acids is 1. The van der Waals surface area contributed by atoms with E-state index in [9.17, 15) is 27.9 Å². The summed E-state index contributed by atoms with van der Waals surface area (Å²) in [7, 11) is 0. The van der Waals surface area contributed by atoms with Crippen LogP contribution in [0.25, 0.3) is 11.1 Å². The molecule has 1 N–H and O–H groups in total. The Bertz CT molecular complexity index is 1260. The van der Waals surface area contributed by atoms with Gasteiger partial charge in [-0.1, -0.05) is 12.1 Å². The Morgan fingerprint density at radius 2 is 1.87 bits per heavy atom. The average Bonchev–Trinajstić information content (AvgIpc) is 2.73. The van der Waals surface area contributed by atoms with Crippen LogP contribution in [0.15, 0.2) is 53.6 Å². The summed E-state index contributed by atoms with van der Waals surface area (Å²) in [6.45, 7) is 3.29. The van der Waals surface area contributed by atoms with Gasteiger partial charge in [0.25, 0.3) is 0 Å². The standard InChI is InChI=1S/C22H16F3N3O3/c1-12(15-5-3-14(10-26)4-6-15)28-11-17(21(30)31)20(29)19(13(28)2)16-7-8-27-18(9-16)22(23,24)25/h3-9,11-12H,1-2H3,(H,30,31). The molecule has 0 saturated carbocycles. The molecule has 0 saturated heterocycles. The normalized spacial score (nSPS) is 12.3. The molecule has 1 aromatic carbocycles. The van der Waals surface area contributed by atoms with Crippen LogP contribution >= 0.6 is 0 Å².